The topological polar surface area (TPSA) is 40.5 Å². The highest BCUT2D eigenvalue weighted by molar-refractivity contribution is 5.41. The molecule has 204 valence electrons. The average molecular weight is 536 g/mol. The van der Waals surface area contributed by atoms with Crippen LogP contribution in [0, 0.1) is 11.3 Å². The fraction of sp³-hybridized carbons (Fsp3) is 0.714. The van der Waals surface area contributed by atoms with E-state index in [1.807, 2.05) is 0 Å². The summed E-state index contributed by atoms with van der Waals surface area (Å²) >= 11 is 0. The number of alkyl halides is 12. The van der Waals surface area contributed by atoms with Crippen LogP contribution in [0.2, 0.25) is 0 Å². The normalized spacial score (nSPS) is 16.1. The van der Waals surface area contributed by atoms with Crippen LogP contribution in [0.1, 0.15) is 63.6 Å². The molecular weight excluding hydrogens is 512 g/mol. The molecular formula is C21H24F12O2. The second-order valence-corrected chi connectivity index (χ2v) is 9.87. The Morgan fingerprint density at radius 3 is 1.09 bits per heavy atom. The quantitative estimate of drug-likeness (QED) is 0.383. The average Bonchev–Trinajstić information content (AvgIpc) is 2.59. The molecule has 0 aliphatic carbocycles. The van der Waals surface area contributed by atoms with Gasteiger partial charge >= 0.3 is 24.7 Å². The Morgan fingerprint density at radius 1 is 0.600 bits per heavy atom. The molecule has 1 aromatic carbocycles. The van der Waals surface area contributed by atoms with Crippen molar-refractivity contribution in [1.82, 2.24) is 0 Å². The van der Waals surface area contributed by atoms with Crippen LogP contribution in [0.4, 0.5) is 52.7 Å². The minimum Gasteiger partial charge on any atom is -0.369 e. The van der Waals surface area contributed by atoms with E-state index in [0.29, 0.717) is 0 Å². The van der Waals surface area contributed by atoms with Gasteiger partial charge in [0.25, 0.3) is 11.2 Å². The summed E-state index contributed by atoms with van der Waals surface area (Å²) in [6, 6.07) is -0.609. The van der Waals surface area contributed by atoms with E-state index < -0.39 is 75.9 Å². The molecule has 0 aliphatic rings. The van der Waals surface area contributed by atoms with Gasteiger partial charge < -0.3 is 10.2 Å². The van der Waals surface area contributed by atoms with Gasteiger partial charge in [-0.1, -0.05) is 46.8 Å². The molecule has 2 nitrogen and oxygen atoms in total. The fourth-order valence-corrected chi connectivity index (χ4v) is 3.66. The third-order valence-electron chi connectivity index (χ3n) is 5.50. The number of aliphatic hydroxyl groups is 2. The van der Waals surface area contributed by atoms with E-state index >= 15 is 0 Å². The third-order valence-corrected chi connectivity index (χ3v) is 5.50. The maximum Gasteiger partial charge on any atom is 0.430 e. The molecule has 14 heteroatoms. The van der Waals surface area contributed by atoms with Gasteiger partial charge in [-0.3, -0.25) is 0 Å². The van der Waals surface area contributed by atoms with Gasteiger partial charge in [-0.25, -0.2) is 0 Å². The summed E-state index contributed by atoms with van der Waals surface area (Å²) in [5, 5.41) is 19.5. The molecule has 1 rings (SSSR count). The molecule has 0 saturated carbocycles. The number of halogens is 12. The van der Waals surface area contributed by atoms with E-state index in [1.54, 1.807) is 20.8 Å². The second kappa shape index (κ2) is 9.00. The van der Waals surface area contributed by atoms with Crippen molar-refractivity contribution in [2.24, 2.45) is 11.3 Å². The van der Waals surface area contributed by atoms with Crippen LogP contribution in [-0.2, 0) is 11.2 Å². The third kappa shape index (κ3) is 5.83. The zero-order chi connectivity index (χ0) is 28.2. The van der Waals surface area contributed by atoms with Crippen molar-refractivity contribution in [2.75, 3.05) is 0 Å². The van der Waals surface area contributed by atoms with Crippen LogP contribution in [0.5, 0.6) is 0 Å². The van der Waals surface area contributed by atoms with E-state index in [0.717, 1.165) is 0 Å². The summed E-state index contributed by atoms with van der Waals surface area (Å²) < 4.78 is 162. The van der Waals surface area contributed by atoms with Crippen molar-refractivity contribution in [1.29, 1.82) is 0 Å². The molecule has 0 heterocycles. The van der Waals surface area contributed by atoms with E-state index in [2.05, 4.69) is 0 Å². The van der Waals surface area contributed by atoms with Gasteiger partial charge in [-0.15, -0.1) is 0 Å². The van der Waals surface area contributed by atoms with E-state index in [9.17, 15) is 62.9 Å². The Bertz CT molecular complexity index is 802. The molecule has 0 aliphatic heterocycles. The summed E-state index contributed by atoms with van der Waals surface area (Å²) in [6.07, 6.45) is -26.4. The van der Waals surface area contributed by atoms with E-state index in [-0.39, 0.29) is 18.6 Å². The van der Waals surface area contributed by atoms with Crippen LogP contribution in [0.25, 0.3) is 0 Å². The van der Waals surface area contributed by atoms with Crippen molar-refractivity contribution >= 4 is 0 Å². The Balaban J connectivity index is 4.28. The first-order chi connectivity index (χ1) is 15.1. The minimum absolute atomic E-state index is 0.0774. The summed E-state index contributed by atoms with van der Waals surface area (Å²) in [7, 11) is 0. The van der Waals surface area contributed by atoms with Gasteiger partial charge in [-0.2, -0.15) is 52.7 Å². The summed E-state index contributed by atoms with van der Waals surface area (Å²) in [5.41, 5.74) is -17.8. The highest BCUT2D eigenvalue weighted by Gasteiger charge is 2.74. The summed E-state index contributed by atoms with van der Waals surface area (Å²) in [4.78, 5) is 0. The Hall–Kier alpha value is -1.70. The molecule has 0 aromatic heterocycles. The first-order valence-corrected chi connectivity index (χ1v) is 9.99. The number of hydrogen-bond donors (Lipinski definition) is 2. The molecule has 1 aromatic rings. The molecule has 0 spiro atoms. The van der Waals surface area contributed by atoms with Crippen molar-refractivity contribution in [3.63, 3.8) is 0 Å². The number of rotatable bonds is 5. The lowest BCUT2D eigenvalue weighted by Crippen LogP contribution is -2.56. The molecule has 0 radical (unpaired) electrons. The van der Waals surface area contributed by atoms with Crippen LogP contribution in [-0.4, -0.2) is 34.9 Å². The molecule has 35 heavy (non-hydrogen) atoms. The van der Waals surface area contributed by atoms with Crippen LogP contribution >= 0.6 is 0 Å². The van der Waals surface area contributed by atoms with Crippen LogP contribution < -0.4 is 0 Å². The van der Waals surface area contributed by atoms with Gasteiger partial charge in [0.15, 0.2) is 0 Å². The zero-order valence-electron chi connectivity index (χ0n) is 19.0. The van der Waals surface area contributed by atoms with Crippen molar-refractivity contribution in [3.05, 3.63) is 34.9 Å². The molecule has 0 bridgehead atoms. The van der Waals surface area contributed by atoms with Crippen molar-refractivity contribution in [2.45, 2.75) is 82.9 Å². The van der Waals surface area contributed by atoms with Crippen molar-refractivity contribution < 1.29 is 62.9 Å². The van der Waals surface area contributed by atoms with E-state index in [4.69, 9.17) is 0 Å². The predicted molar refractivity (Wildman–Crippen MR) is 100 cm³/mol. The Morgan fingerprint density at radius 2 is 0.886 bits per heavy atom. The molecule has 0 amide bonds. The minimum atomic E-state index is -6.59. The van der Waals surface area contributed by atoms with Crippen LogP contribution in [0.15, 0.2) is 18.2 Å². The molecule has 2 N–H and O–H groups in total. The monoisotopic (exact) mass is 536 g/mol. The maximum absolute atomic E-state index is 13.5. The smallest absolute Gasteiger partial charge is 0.369 e. The first-order valence-electron chi connectivity index (χ1n) is 9.99. The lowest BCUT2D eigenvalue weighted by molar-refractivity contribution is -0.378. The highest BCUT2D eigenvalue weighted by atomic mass is 19.4. The van der Waals surface area contributed by atoms with Gasteiger partial charge in [0, 0.05) is 11.1 Å². The van der Waals surface area contributed by atoms with Crippen LogP contribution in [0.3, 0.4) is 0 Å². The number of benzene rings is 1. The second-order valence-electron chi connectivity index (χ2n) is 9.87. The van der Waals surface area contributed by atoms with Gasteiger partial charge in [0.05, 0.1) is 0 Å². The Labute approximate surface area is 192 Å². The largest absolute Gasteiger partial charge is 0.430 e. The lowest BCUT2D eigenvalue weighted by Gasteiger charge is -2.37. The van der Waals surface area contributed by atoms with Gasteiger partial charge in [0.2, 0.25) is 0 Å². The molecule has 1 unspecified atom stereocenters. The molecule has 0 saturated heterocycles. The fourth-order valence-electron chi connectivity index (χ4n) is 3.66. The first kappa shape index (κ1) is 31.3. The Kier molecular flexibility index (Phi) is 8.06. The zero-order valence-corrected chi connectivity index (χ0v) is 19.0. The summed E-state index contributed by atoms with van der Waals surface area (Å²) in [6.45, 7) is 7.55. The SMILES string of the molecule is CC(C)C(CC(C)(C)C)c1cc(C(O)(C(F)(F)F)C(F)(F)F)cc(C(O)(C(F)(F)F)C(F)(F)F)c1. The van der Waals surface area contributed by atoms with Gasteiger partial charge in [0.1, 0.15) is 0 Å². The molecule has 0 fully saturated rings. The maximum atomic E-state index is 13.5. The van der Waals surface area contributed by atoms with Crippen molar-refractivity contribution in [3.8, 4) is 0 Å². The lowest BCUT2D eigenvalue weighted by atomic mass is 9.74. The van der Waals surface area contributed by atoms with E-state index in [1.165, 1.54) is 13.8 Å². The van der Waals surface area contributed by atoms with Gasteiger partial charge in [-0.05, 0) is 35.3 Å². The standard InChI is InChI=1S/C21H24F12O2/c1-10(2)14(9-15(3,4)5)11-6-12(16(34,18(22,23)24)19(25,26)27)8-13(7-11)17(35,20(28,29)30)21(31,32)33/h6-8,10,14,34-35H,9H2,1-5H3. The highest BCUT2D eigenvalue weighted by Crippen LogP contribution is 2.55. The predicted octanol–water partition coefficient (Wildman–Crippen LogP) is 7.49. The molecule has 1 atom stereocenters. The number of hydrogen-bond acceptors (Lipinski definition) is 2. The summed E-state index contributed by atoms with van der Waals surface area (Å²) in [5.74, 6) is -1.84.